The Morgan fingerprint density at radius 1 is 1.58 bits per heavy atom. The van der Waals surface area contributed by atoms with Crippen LogP contribution in [0, 0.1) is 30.4 Å². The lowest BCUT2D eigenvalue weighted by atomic mass is 10.2. The molecule has 1 aromatic heterocycles. The molecule has 0 spiro atoms. The number of pyridine rings is 1. The zero-order valence-corrected chi connectivity index (χ0v) is 7.51. The Morgan fingerprint density at radius 2 is 2.17 bits per heavy atom. The van der Waals surface area contributed by atoms with Gasteiger partial charge in [-0.05, 0) is 0 Å². The predicted octanol–water partition coefficient (Wildman–Crippen LogP) is 1.46. The molecule has 0 radical (unpaired) electrons. The first-order valence-electron chi connectivity index (χ1n) is 3.37. The van der Waals surface area contributed by atoms with E-state index in [-0.39, 0.29) is 5.56 Å². The van der Waals surface area contributed by atoms with E-state index in [4.69, 9.17) is 16.9 Å². The summed E-state index contributed by atoms with van der Waals surface area (Å²) in [6.45, 7) is 3.22. The Labute approximate surface area is 75.4 Å². The molecule has 1 rings (SSSR count). The number of hydrogen-bond acceptors (Lipinski definition) is 2. The Hall–Kier alpha value is -1.27. The molecule has 0 saturated heterocycles. The predicted molar refractivity (Wildman–Crippen MR) is 44.6 cm³/mol. The monoisotopic (exact) mass is 182 g/mol. The van der Waals surface area contributed by atoms with Crippen LogP contribution in [0.25, 0.3) is 0 Å². The maximum Gasteiger partial charge on any atom is 0.209 e. The summed E-state index contributed by atoms with van der Waals surface area (Å²) in [5.41, 5.74) is 1.09. The van der Waals surface area contributed by atoms with E-state index >= 15 is 0 Å². The smallest absolute Gasteiger partial charge is 0.209 e. The Kier molecular flexibility index (Phi) is 2.20. The van der Waals surface area contributed by atoms with E-state index in [0.717, 1.165) is 0 Å². The lowest BCUT2D eigenvalue weighted by Crippen LogP contribution is -2.34. The van der Waals surface area contributed by atoms with Crippen molar-refractivity contribution >= 4 is 11.6 Å². The van der Waals surface area contributed by atoms with Crippen LogP contribution in [0.3, 0.4) is 0 Å². The third kappa shape index (κ3) is 1.21. The first-order chi connectivity index (χ1) is 5.57. The van der Waals surface area contributed by atoms with E-state index in [0.29, 0.717) is 21.1 Å². The fourth-order valence-corrected chi connectivity index (χ4v) is 1.32. The topological polar surface area (TPSA) is 50.7 Å². The van der Waals surface area contributed by atoms with Gasteiger partial charge in [0.2, 0.25) is 5.69 Å². The lowest BCUT2D eigenvalue weighted by molar-refractivity contribution is -0.619. The van der Waals surface area contributed by atoms with Crippen molar-refractivity contribution in [2.75, 3.05) is 0 Å². The summed E-state index contributed by atoms with van der Waals surface area (Å²) in [5.74, 6) is 0. The highest BCUT2D eigenvalue weighted by atomic mass is 35.5. The molecular formula is C8H7ClN2O. The van der Waals surface area contributed by atoms with Crippen LogP contribution >= 0.6 is 11.6 Å². The lowest BCUT2D eigenvalue weighted by Gasteiger charge is -2.05. The van der Waals surface area contributed by atoms with E-state index < -0.39 is 0 Å². The first kappa shape index (κ1) is 8.82. The minimum absolute atomic E-state index is 0.247. The highest BCUT2D eigenvalue weighted by Crippen LogP contribution is 2.16. The largest absolute Gasteiger partial charge is 0.618 e. The van der Waals surface area contributed by atoms with Crippen LogP contribution in [-0.2, 0) is 0 Å². The van der Waals surface area contributed by atoms with Gasteiger partial charge in [-0.25, -0.2) is 0 Å². The fraction of sp³-hybridized carbons (Fsp3) is 0.250. The van der Waals surface area contributed by atoms with Gasteiger partial charge in [-0.1, -0.05) is 11.6 Å². The van der Waals surface area contributed by atoms with Crippen LogP contribution in [0.15, 0.2) is 6.07 Å². The number of aromatic nitrogens is 1. The molecule has 0 saturated carbocycles. The molecule has 0 aromatic carbocycles. The van der Waals surface area contributed by atoms with Crippen molar-refractivity contribution in [3.8, 4) is 6.07 Å². The second-order valence-electron chi connectivity index (χ2n) is 2.50. The summed E-state index contributed by atoms with van der Waals surface area (Å²) in [6.07, 6.45) is 0. The molecule has 0 N–H and O–H groups in total. The molecule has 12 heavy (non-hydrogen) atoms. The molecule has 4 heteroatoms. The molecule has 0 aliphatic heterocycles. The molecule has 62 valence electrons. The number of nitriles is 1. The average molecular weight is 183 g/mol. The van der Waals surface area contributed by atoms with Gasteiger partial charge in [-0.15, -0.1) is 0 Å². The van der Waals surface area contributed by atoms with Crippen LogP contribution in [0.2, 0.25) is 5.02 Å². The molecule has 3 nitrogen and oxygen atoms in total. The second kappa shape index (κ2) is 3.00. The Bertz CT molecular complexity index is 368. The molecule has 0 bridgehead atoms. The van der Waals surface area contributed by atoms with E-state index in [9.17, 15) is 5.21 Å². The summed E-state index contributed by atoms with van der Waals surface area (Å²) in [7, 11) is 0. The van der Waals surface area contributed by atoms with Crippen molar-refractivity contribution in [2.45, 2.75) is 13.8 Å². The molecule has 0 amide bonds. The molecule has 0 fully saturated rings. The van der Waals surface area contributed by atoms with Gasteiger partial charge >= 0.3 is 0 Å². The van der Waals surface area contributed by atoms with Crippen LogP contribution in [0.4, 0.5) is 0 Å². The van der Waals surface area contributed by atoms with E-state index in [2.05, 4.69) is 0 Å². The second-order valence-corrected chi connectivity index (χ2v) is 2.91. The van der Waals surface area contributed by atoms with Gasteiger partial charge < -0.3 is 5.21 Å². The summed E-state index contributed by atoms with van der Waals surface area (Å²) in [6, 6.07) is 3.37. The number of hydrogen-bond donors (Lipinski definition) is 0. The first-order valence-corrected chi connectivity index (χ1v) is 3.75. The highest BCUT2D eigenvalue weighted by molar-refractivity contribution is 6.31. The van der Waals surface area contributed by atoms with Gasteiger partial charge in [0.1, 0.15) is 11.6 Å². The van der Waals surface area contributed by atoms with Gasteiger partial charge in [-0.3, -0.25) is 0 Å². The normalized spacial score (nSPS) is 9.50. The summed E-state index contributed by atoms with van der Waals surface area (Å²) >= 11 is 5.73. The number of halogens is 1. The molecule has 0 aliphatic rings. The fourth-order valence-electron chi connectivity index (χ4n) is 0.987. The third-order valence-corrected chi connectivity index (χ3v) is 1.97. The minimum Gasteiger partial charge on any atom is -0.618 e. The number of nitrogens with zero attached hydrogens (tertiary/aromatic N) is 2. The van der Waals surface area contributed by atoms with Gasteiger partial charge in [-0.2, -0.15) is 9.99 Å². The van der Waals surface area contributed by atoms with Crippen LogP contribution in [0.1, 0.15) is 17.0 Å². The molecule has 0 aliphatic carbocycles. The van der Waals surface area contributed by atoms with E-state index in [1.165, 1.54) is 6.07 Å². The number of rotatable bonds is 0. The highest BCUT2D eigenvalue weighted by Gasteiger charge is 2.14. The maximum absolute atomic E-state index is 11.2. The van der Waals surface area contributed by atoms with Gasteiger partial charge in [0.15, 0.2) is 5.69 Å². The standard InChI is InChI=1S/C8H7ClN2O/c1-5-3-8(9)7(4-10)6(2)11(5)12/h3H,1-2H3. The van der Waals surface area contributed by atoms with E-state index in [1.54, 1.807) is 13.8 Å². The van der Waals surface area contributed by atoms with Crippen molar-refractivity contribution in [2.24, 2.45) is 0 Å². The number of aryl methyl sites for hydroxylation is 1. The van der Waals surface area contributed by atoms with Gasteiger partial charge in [0.25, 0.3) is 0 Å². The summed E-state index contributed by atoms with van der Waals surface area (Å²) < 4.78 is 0.699. The van der Waals surface area contributed by atoms with Crippen molar-refractivity contribution in [1.29, 1.82) is 5.26 Å². The zero-order valence-electron chi connectivity index (χ0n) is 6.76. The zero-order chi connectivity index (χ0) is 9.30. The molecule has 0 unspecified atom stereocenters. The Balaban J connectivity index is 3.54. The molecule has 0 atom stereocenters. The van der Waals surface area contributed by atoms with Gasteiger partial charge in [0, 0.05) is 19.9 Å². The third-order valence-electron chi connectivity index (χ3n) is 1.67. The minimum atomic E-state index is 0.247. The van der Waals surface area contributed by atoms with Crippen molar-refractivity contribution < 1.29 is 4.73 Å². The SMILES string of the molecule is Cc1cc(Cl)c(C#N)c(C)[n+]1[O-]. The summed E-state index contributed by atoms with van der Waals surface area (Å²) in [5, 5.41) is 20.2. The van der Waals surface area contributed by atoms with Gasteiger partial charge in [0.05, 0.1) is 5.02 Å². The average Bonchev–Trinajstić information content (AvgIpc) is 2.01. The van der Waals surface area contributed by atoms with Crippen LogP contribution in [0.5, 0.6) is 0 Å². The quantitative estimate of drug-likeness (QED) is 0.451. The van der Waals surface area contributed by atoms with Crippen molar-refractivity contribution in [1.82, 2.24) is 0 Å². The maximum atomic E-state index is 11.2. The summed E-state index contributed by atoms with van der Waals surface area (Å²) in [4.78, 5) is 0. The van der Waals surface area contributed by atoms with Crippen LogP contribution in [-0.4, -0.2) is 0 Å². The molecular weight excluding hydrogens is 176 g/mol. The Morgan fingerprint density at radius 3 is 2.67 bits per heavy atom. The molecule has 1 heterocycles. The van der Waals surface area contributed by atoms with Crippen molar-refractivity contribution in [3.63, 3.8) is 0 Å². The van der Waals surface area contributed by atoms with Crippen LogP contribution < -0.4 is 4.73 Å². The van der Waals surface area contributed by atoms with Crippen molar-refractivity contribution in [3.05, 3.63) is 33.2 Å². The molecule has 1 aromatic rings. The van der Waals surface area contributed by atoms with E-state index in [1.807, 2.05) is 6.07 Å².